The third kappa shape index (κ3) is 3.71. The Morgan fingerprint density at radius 3 is 2.96 bits per heavy atom. The van der Waals surface area contributed by atoms with E-state index in [4.69, 9.17) is 4.74 Å². The maximum Gasteiger partial charge on any atom is 0.434 e. The van der Waals surface area contributed by atoms with Gasteiger partial charge in [-0.1, -0.05) is 36.4 Å². The maximum atomic E-state index is 11.7. The first kappa shape index (κ1) is 18.4. The van der Waals surface area contributed by atoms with Gasteiger partial charge in [-0.25, -0.2) is 4.79 Å². The van der Waals surface area contributed by atoms with Crippen molar-refractivity contribution in [2.45, 2.75) is 19.9 Å². The third-order valence-corrected chi connectivity index (χ3v) is 5.26. The monoisotopic (exact) mass is 375 g/mol. The predicted octanol–water partition coefficient (Wildman–Crippen LogP) is 4.19. The minimum atomic E-state index is -0.541. The largest absolute Gasteiger partial charge is 0.448 e. The maximum absolute atomic E-state index is 11.7. The fourth-order valence-electron chi connectivity index (χ4n) is 3.94. The number of hydrogen-bond acceptors (Lipinski definition) is 3. The van der Waals surface area contributed by atoms with E-state index in [9.17, 15) is 4.79 Å². The van der Waals surface area contributed by atoms with Crippen molar-refractivity contribution in [1.29, 1.82) is 0 Å². The van der Waals surface area contributed by atoms with Gasteiger partial charge >= 0.3 is 6.09 Å². The lowest BCUT2D eigenvalue weighted by atomic mass is 10.0. The summed E-state index contributed by atoms with van der Waals surface area (Å²) in [6, 6.07) is 6.56. The molecule has 5 heteroatoms. The molecule has 0 saturated carbocycles. The molecule has 1 aliphatic heterocycles. The summed E-state index contributed by atoms with van der Waals surface area (Å²) in [5.41, 5.74) is 5.71. The Kier molecular flexibility index (Phi) is 5.26. The van der Waals surface area contributed by atoms with Gasteiger partial charge in [0, 0.05) is 43.8 Å². The number of hydrogen-bond donors (Lipinski definition) is 0. The molecule has 0 saturated heterocycles. The van der Waals surface area contributed by atoms with Crippen molar-refractivity contribution >= 4 is 22.7 Å². The third-order valence-electron chi connectivity index (χ3n) is 5.26. The van der Waals surface area contributed by atoms with Gasteiger partial charge in [0.15, 0.2) is 0 Å². The second-order valence-electron chi connectivity index (χ2n) is 7.14. The molecule has 4 rings (SSSR count). The molecule has 2 aromatic rings. The van der Waals surface area contributed by atoms with Gasteiger partial charge in [0.1, 0.15) is 0 Å². The number of amides is 1. The van der Waals surface area contributed by atoms with Gasteiger partial charge in [-0.2, -0.15) is 4.99 Å². The highest BCUT2D eigenvalue weighted by atomic mass is 16.5. The Bertz CT molecular complexity index is 1020. The Hall–Kier alpha value is -2.92. The SMILES string of the molecule is CCOC(=O)/N=C1/C=CC=C/C1=C\CN1CCc2cn(C)c3cccc(c23)C1. The van der Waals surface area contributed by atoms with E-state index >= 15 is 0 Å². The quantitative estimate of drug-likeness (QED) is 0.808. The van der Waals surface area contributed by atoms with Crippen molar-refractivity contribution in [3.63, 3.8) is 0 Å². The van der Waals surface area contributed by atoms with Gasteiger partial charge in [-0.15, -0.1) is 0 Å². The van der Waals surface area contributed by atoms with Gasteiger partial charge in [0.2, 0.25) is 0 Å². The van der Waals surface area contributed by atoms with E-state index in [0.717, 1.165) is 31.6 Å². The van der Waals surface area contributed by atoms with Crippen LogP contribution in [-0.4, -0.2) is 41.0 Å². The number of ether oxygens (including phenoxy) is 1. The molecule has 28 heavy (non-hydrogen) atoms. The van der Waals surface area contributed by atoms with Crippen molar-refractivity contribution in [3.8, 4) is 0 Å². The lowest BCUT2D eigenvalue weighted by Gasteiger charge is -2.19. The molecule has 1 aliphatic carbocycles. The highest BCUT2D eigenvalue weighted by Gasteiger charge is 2.18. The number of carbonyl (C=O) groups excluding carboxylic acids is 1. The smallest absolute Gasteiger partial charge is 0.434 e. The van der Waals surface area contributed by atoms with E-state index in [0.29, 0.717) is 12.3 Å². The number of aryl methyl sites for hydroxylation is 1. The molecular formula is C23H25N3O2. The summed E-state index contributed by atoms with van der Waals surface area (Å²) in [6.07, 6.45) is 12.6. The number of carbonyl (C=O) groups is 1. The summed E-state index contributed by atoms with van der Waals surface area (Å²) in [6.45, 7) is 4.84. The summed E-state index contributed by atoms with van der Waals surface area (Å²) in [5, 5.41) is 1.41. The minimum absolute atomic E-state index is 0.328. The Labute approximate surface area is 165 Å². The van der Waals surface area contributed by atoms with Crippen LogP contribution in [0.5, 0.6) is 0 Å². The average molecular weight is 375 g/mol. The molecule has 0 N–H and O–H groups in total. The number of rotatable bonds is 3. The molecule has 5 nitrogen and oxygen atoms in total. The van der Waals surface area contributed by atoms with E-state index in [2.05, 4.69) is 52.0 Å². The van der Waals surface area contributed by atoms with Crippen molar-refractivity contribution in [3.05, 3.63) is 71.5 Å². The lowest BCUT2D eigenvalue weighted by Crippen LogP contribution is -2.25. The van der Waals surface area contributed by atoms with Crippen LogP contribution >= 0.6 is 0 Å². The first-order valence-corrected chi connectivity index (χ1v) is 9.74. The molecule has 144 valence electrons. The van der Waals surface area contributed by atoms with E-state index in [1.54, 1.807) is 6.92 Å². The molecule has 0 radical (unpaired) electrons. The van der Waals surface area contributed by atoms with Crippen LogP contribution in [0.3, 0.4) is 0 Å². The summed E-state index contributed by atoms with van der Waals surface area (Å²) >= 11 is 0. The molecule has 0 unspecified atom stereocenters. The highest BCUT2D eigenvalue weighted by molar-refractivity contribution is 6.14. The van der Waals surface area contributed by atoms with Gasteiger partial charge in [0.25, 0.3) is 0 Å². The number of aliphatic imine (C=N–C) groups is 1. The van der Waals surface area contributed by atoms with Crippen molar-refractivity contribution in [2.75, 3.05) is 19.7 Å². The first-order chi connectivity index (χ1) is 13.7. The zero-order chi connectivity index (χ0) is 19.5. The van der Waals surface area contributed by atoms with E-state index < -0.39 is 6.09 Å². The molecule has 0 fully saturated rings. The topological polar surface area (TPSA) is 46.8 Å². The van der Waals surface area contributed by atoms with Gasteiger partial charge < -0.3 is 9.30 Å². The molecule has 2 heterocycles. The zero-order valence-electron chi connectivity index (χ0n) is 16.4. The number of aromatic nitrogens is 1. The van der Waals surface area contributed by atoms with Crippen LogP contribution in [0.2, 0.25) is 0 Å². The predicted molar refractivity (Wildman–Crippen MR) is 113 cm³/mol. The standard InChI is InChI=1S/C23H25N3O2/c1-3-28-23(27)24-20-9-5-4-7-17(20)11-13-26-14-12-19-15-25(2)21-10-6-8-18(16-26)22(19)21/h4-11,15H,3,12-14,16H2,1-2H3/b17-11+,24-20-. The highest BCUT2D eigenvalue weighted by Crippen LogP contribution is 2.28. The van der Waals surface area contributed by atoms with Crippen LogP contribution in [0.1, 0.15) is 18.1 Å². The van der Waals surface area contributed by atoms with Crippen LogP contribution in [-0.2, 0) is 24.8 Å². The molecule has 1 aromatic heterocycles. The van der Waals surface area contributed by atoms with Crippen LogP contribution < -0.4 is 0 Å². The molecule has 1 amide bonds. The fraction of sp³-hybridized carbons (Fsp3) is 0.304. The zero-order valence-corrected chi connectivity index (χ0v) is 16.4. The molecular weight excluding hydrogens is 350 g/mol. The van der Waals surface area contributed by atoms with E-state index in [-0.39, 0.29) is 0 Å². The molecule has 0 atom stereocenters. The van der Waals surface area contributed by atoms with Crippen LogP contribution in [0.15, 0.2) is 65.3 Å². The van der Waals surface area contributed by atoms with E-state index in [1.165, 1.54) is 22.0 Å². The van der Waals surface area contributed by atoms with Crippen molar-refractivity contribution in [2.24, 2.45) is 12.0 Å². The van der Waals surface area contributed by atoms with Gasteiger partial charge in [-0.3, -0.25) is 4.90 Å². The average Bonchev–Trinajstić information content (AvgIpc) is 2.90. The van der Waals surface area contributed by atoms with E-state index in [1.807, 2.05) is 24.3 Å². The number of nitrogens with zero attached hydrogens (tertiary/aromatic N) is 3. The molecule has 1 aromatic carbocycles. The Morgan fingerprint density at radius 1 is 1.25 bits per heavy atom. The molecule has 0 bridgehead atoms. The second-order valence-corrected chi connectivity index (χ2v) is 7.14. The van der Waals surface area contributed by atoms with Crippen LogP contribution in [0.4, 0.5) is 4.79 Å². The summed E-state index contributed by atoms with van der Waals surface area (Å²) in [4.78, 5) is 18.3. The fourth-order valence-corrected chi connectivity index (χ4v) is 3.94. The Balaban J connectivity index is 1.53. The van der Waals surface area contributed by atoms with Crippen molar-refractivity contribution < 1.29 is 9.53 Å². The lowest BCUT2D eigenvalue weighted by molar-refractivity contribution is 0.163. The van der Waals surface area contributed by atoms with Gasteiger partial charge in [-0.05, 0) is 42.2 Å². The normalized spacial score (nSPS) is 19.5. The number of allylic oxidation sites excluding steroid dienone is 5. The Morgan fingerprint density at radius 2 is 2.11 bits per heavy atom. The summed E-state index contributed by atoms with van der Waals surface area (Å²) < 4.78 is 7.17. The van der Waals surface area contributed by atoms with Gasteiger partial charge in [0.05, 0.1) is 12.3 Å². The van der Waals surface area contributed by atoms with Crippen molar-refractivity contribution in [1.82, 2.24) is 9.47 Å². The summed E-state index contributed by atoms with van der Waals surface area (Å²) in [5.74, 6) is 0. The number of benzene rings is 1. The first-order valence-electron chi connectivity index (χ1n) is 9.74. The molecule has 2 aliphatic rings. The molecule has 0 spiro atoms. The summed E-state index contributed by atoms with van der Waals surface area (Å²) in [7, 11) is 2.12. The second kappa shape index (κ2) is 7.98. The van der Waals surface area contributed by atoms with Crippen LogP contribution in [0, 0.1) is 0 Å². The minimum Gasteiger partial charge on any atom is -0.448 e. The van der Waals surface area contributed by atoms with Crippen LogP contribution in [0.25, 0.3) is 10.9 Å².